The van der Waals surface area contributed by atoms with Gasteiger partial charge in [-0.1, -0.05) is 154 Å². The third-order valence-corrected chi connectivity index (χ3v) is 9.36. The fourth-order valence-corrected chi connectivity index (χ4v) is 6.38. The van der Waals surface area contributed by atoms with Crippen molar-refractivity contribution < 1.29 is 23.9 Å². The van der Waals surface area contributed by atoms with E-state index < -0.39 is 5.97 Å². The summed E-state index contributed by atoms with van der Waals surface area (Å²) in [6, 6.07) is 0. The molecule has 0 aromatic carbocycles. The molecule has 0 aliphatic rings. The van der Waals surface area contributed by atoms with Crippen molar-refractivity contribution in [3.63, 3.8) is 0 Å². The van der Waals surface area contributed by atoms with E-state index in [2.05, 4.69) is 52.2 Å². The molecule has 0 bridgehead atoms. The Morgan fingerprint density at radius 1 is 0.574 bits per heavy atom. The molecule has 0 aromatic heterocycles. The Bertz CT molecular complexity index is 760. The number of quaternary nitrogens is 1. The van der Waals surface area contributed by atoms with Gasteiger partial charge in [0.2, 0.25) is 0 Å². The van der Waals surface area contributed by atoms with Crippen molar-refractivity contribution in [2.75, 3.05) is 27.2 Å². The molecule has 47 heavy (non-hydrogen) atoms. The fourth-order valence-electron chi connectivity index (χ4n) is 6.38. The lowest BCUT2D eigenvalue weighted by Crippen LogP contribution is -2.47. The zero-order valence-corrected chi connectivity index (χ0v) is 31.9. The fraction of sp³-hybridized carbons (Fsp3) is 0.857. The van der Waals surface area contributed by atoms with E-state index in [4.69, 9.17) is 9.84 Å². The second kappa shape index (κ2) is 34.3. The third kappa shape index (κ3) is 35.5. The van der Waals surface area contributed by atoms with Crippen LogP contribution in [0.4, 0.5) is 0 Å². The number of esters is 1. The first kappa shape index (κ1) is 45.4. The van der Waals surface area contributed by atoms with Crippen LogP contribution in [0.25, 0.3) is 0 Å². The first-order valence-corrected chi connectivity index (χ1v) is 20.3. The molecule has 0 saturated carbocycles. The summed E-state index contributed by atoms with van der Waals surface area (Å²) in [7, 11) is 4.27. The maximum Gasteiger partial charge on any atom is 0.306 e. The summed E-state index contributed by atoms with van der Waals surface area (Å²) in [4.78, 5) is 23.8. The van der Waals surface area contributed by atoms with Crippen LogP contribution in [0.5, 0.6) is 0 Å². The largest absolute Gasteiger partial charge is 0.481 e. The number of carbonyl (C=O) groups excluding carboxylic acids is 1. The molecule has 0 saturated heterocycles. The van der Waals surface area contributed by atoms with Gasteiger partial charge in [0, 0.05) is 12.8 Å². The number of carbonyl (C=O) groups is 2. The van der Waals surface area contributed by atoms with E-state index in [9.17, 15) is 9.59 Å². The highest BCUT2D eigenvalue weighted by atomic mass is 16.5. The summed E-state index contributed by atoms with van der Waals surface area (Å²) >= 11 is 0. The van der Waals surface area contributed by atoms with E-state index in [1.54, 1.807) is 0 Å². The monoisotopic (exact) mass is 663 g/mol. The zero-order chi connectivity index (χ0) is 34.7. The van der Waals surface area contributed by atoms with Gasteiger partial charge in [-0.05, 0) is 51.4 Å². The van der Waals surface area contributed by atoms with Crippen LogP contribution in [0.1, 0.15) is 200 Å². The van der Waals surface area contributed by atoms with Gasteiger partial charge in [0.15, 0.2) is 6.10 Å². The molecule has 1 unspecified atom stereocenters. The highest BCUT2D eigenvalue weighted by Crippen LogP contribution is 2.17. The van der Waals surface area contributed by atoms with Crippen LogP contribution in [0, 0.1) is 0 Å². The highest BCUT2D eigenvalue weighted by molar-refractivity contribution is 5.69. The molecular formula is C42H80NO4+. The van der Waals surface area contributed by atoms with Crippen molar-refractivity contribution >= 4 is 11.9 Å². The predicted octanol–water partition coefficient (Wildman–Crippen LogP) is 12.5. The number of rotatable bonds is 36. The van der Waals surface area contributed by atoms with Gasteiger partial charge in [-0.25, -0.2) is 0 Å². The Kier molecular flexibility index (Phi) is 33.1. The molecule has 1 atom stereocenters. The van der Waals surface area contributed by atoms with Gasteiger partial charge in [-0.2, -0.15) is 0 Å². The number of allylic oxidation sites excluding steroid dienone is 4. The smallest absolute Gasteiger partial charge is 0.306 e. The number of ether oxygens (including phenoxy) is 1. The summed E-state index contributed by atoms with van der Waals surface area (Å²) in [6.07, 6.45) is 43.0. The molecule has 0 aliphatic heterocycles. The van der Waals surface area contributed by atoms with E-state index in [1.807, 2.05) is 0 Å². The van der Waals surface area contributed by atoms with E-state index in [0.29, 0.717) is 17.3 Å². The van der Waals surface area contributed by atoms with Gasteiger partial charge in [0.1, 0.15) is 6.54 Å². The van der Waals surface area contributed by atoms with Crippen molar-refractivity contribution in [1.82, 2.24) is 0 Å². The lowest BCUT2D eigenvalue weighted by atomic mass is 10.0. The highest BCUT2D eigenvalue weighted by Gasteiger charge is 2.25. The quantitative estimate of drug-likeness (QED) is 0.0314. The molecule has 0 fully saturated rings. The molecule has 0 spiro atoms. The molecule has 5 nitrogen and oxygen atoms in total. The third-order valence-electron chi connectivity index (χ3n) is 9.36. The van der Waals surface area contributed by atoms with Crippen LogP contribution >= 0.6 is 0 Å². The number of hydrogen-bond donors (Lipinski definition) is 1. The van der Waals surface area contributed by atoms with E-state index in [1.165, 1.54) is 128 Å². The number of carboxylic acids is 1. The van der Waals surface area contributed by atoms with E-state index >= 15 is 0 Å². The van der Waals surface area contributed by atoms with Crippen molar-refractivity contribution in [1.29, 1.82) is 0 Å². The van der Waals surface area contributed by atoms with Gasteiger partial charge in [0.25, 0.3) is 0 Å². The van der Waals surface area contributed by atoms with Crippen LogP contribution in [-0.2, 0) is 14.3 Å². The Balaban J connectivity index is 4.21. The van der Waals surface area contributed by atoms with Gasteiger partial charge >= 0.3 is 11.9 Å². The average molecular weight is 663 g/mol. The number of unbranched alkanes of at least 4 members (excludes halogenated alkanes) is 21. The van der Waals surface area contributed by atoms with Gasteiger partial charge < -0.3 is 14.3 Å². The number of nitrogens with zero attached hydrogens (tertiary/aromatic N) is 1. The molecule has 0 aromatic rings. The lowest BCUT2D eigenvalue weighted by Gasteiger charge is -2.33. The zero-order valence-electron chi connectivity index (χ0n) is 31.9. The van der Waals surface area contributed by atoms with E-state index in [0.717, 1.165) is 51.6 Å². The molecular weight excluding hydrogens is 582 g/mol. The number of aliphatic carboxylic acids is 1. The predicted molar refractivity (Wildman–Crippen MR) is 203 cm³/mol. The molecule has 0 radical (unpaired) electrons. The topological polar surface area (TPSA) is 63.6 Å². The maximum absolute atomic E-state index is 12.8. The first-order chi connectivity index (χ1) is 22.8. The molecule has 276 valence electrons. The van der Waals surface area contributed by atoms with Gasteiger partial charge in [-0.15, -0.1) is 0 Å². The molecule has 0 aliphatic carbocycles. The van der Waals surface area contributed by atoms with Gasteiger partial charge in [0.05, 0.1) is 27.1 Å². The summed E-state index contributed by atoms with van der Waals surface area (Å²) in [5, 5.41) is 9.06. The normalized spacial score (nSPS) is 12.8. The molecule has 5 heteroatoms. The SMILES string of the molecule is CCCCC/C=C\C/C=C\CCCCCCCC(=O)OC(CCCCCCCCCCCCCCCC)C[N+](C)(C)CCCC(=O)O. The minimum absolute atomic E-state index is 0.0587. The number of hydrogen-bond acceptors (Lipinski definition) is 3. The molecule has 1 N–H and O–H groups in total. The minimum atomic E-state index is -0.743. The minimum Gasteiger partial charge on any atom is -0.481 e. The van der Waals surface area contributed by atoms with Gasteiger partial charge in [-0.3, -0.25) is 9.59 Å². The molecule has 0 rings (SSSR count). The lowest BCUT2D eigenvalue weighted by molar-refractivity contribution is -0.893. The second-order valence-corrected chi connectivity index (χ2v) is 14.8. The summed E-state index contributed by atoms with van der Waals surface area (Å²) < 4.78 is 6.75. The Hall–Kier alpha value is -1.62. The van der Waals surface area contributed by atoms with Crippen molar-refractivity contribution in [3.8, 4) is 0 Å². The Morgan fingerprint density at radius 3 is 1.55 bits per heavy atom. The second-order valence-electron chi connectivity index (χ2n) is 14.8. The Labute approximate surface area is 293 Å². The standard InChI is InChI=1S/C42H79NO4/c1-5-7-9-11-13-15-17-19-21-23-25-27-29-31-33-37-42(46)47-40(39-43(3,4)38-34-36-41(44)45)35-32-30-28-26-24-22-20-18-16-14-12-10-8-6-2/h13,15,19,21,40H,5-12,14,16-18,20,22-39H2,1-4H3/p+1/b15-13-,21-19-. The summed E-state index contributed by atoms with van der Waals surface area (Å²) in [6.45, 7) is 6.06. The van der Waals surface area contributed by atoms with E-state index in [-0.39, 0.29) is 18.5 Å². The number of likely N-dealkylation sites (N-methyl/N-ethyl adjacent to an activating group) is 1. The summed E-state index contributed by atoms with van der Waals surface area (Å²) in [5.41, 5.74) is 0. The van der Waals surface area contributed by atoms with Crippen molar-refractivity contribution in [2.24, 2.45) is 0 Å². The Morgan fingerprint density at radius 2 is 1.02 bits per heavy atom. The van der Waals surface area contributed by atoms with Crippen LogP contribution in [0.2, 0.25) is 0 Å². The molecule has 0 heterocycles. The van der Waals surface area contributed by atoms with Crippen molar-refractivity contribution in [3.05, 3.63) is 24.3 Å². The molecule has 0 amide bonds. The number of carboxylic acid groups (broad SMARTS) is 1. The summed E-state index contributed by atoms with van der Waals surface area (Å²) in [5.74, 6) is -0.802. The van der Waals surface area contributed by atoms with Crippen LogP contribution in [0.3, 0.4) is 0 Å². The maximum atomic E-state index is 12.8. The average Bonchev–Trinajstić information content (AvgIpc) is 3.02. The van der Waals surface area contributed by atoms with Crippen LogP contribution in [0.15, 0.2) is 24.3 Å². The first-order valence-electron chi connectivity index (χ1n) is 20.3. The van der Waals surface area contributed by atoms with Crippen molar-refractivity contribution in [2.45, 2.75) is 206 Å². The van der Waals surface area contributed by atoms with Crippen LogP contribution < -0.4 is 0 Å². The van der Waals surface area contributed by atoms with Crippen LogP contribution in [-0.4, -0.2) is 54.8 Å².